The third kappa shape index (κ3) is 4.12. The number of aryl methyl sites for hydroxylation is 1. The second kappa shape index (κ2) is 7.49. The maximum atomic E-state index is 13.4. The average Bonchev–Trinajstić information content (AvgIpc) is 2.55. The summed E-state index contributed by atoms with van der Waals surface area (Å²) >= 11 is 0. The Labute approximate surface area is 134 Å². The number of para-hydroxylation sites is 1. The minimum Gasteiger partial charge on any atom is -0.493 e. The molecule has 0 unspecified atom stereocenters. The first-order valence-electron chi connectivity index (χ1n) is 6.95. The van der Waals surface area contributed by atoms with E-state index in [1.165, 1.54) is 26.4 Å². The maximum absolute atomic E-state index is 13.4. The molecule has 0 saturated carbocycles. The molecule has 0 aliphatic carbocycles. The molecule has 122 valence electrons. The Balaban J connectivity index is 2.04. The van der Waals surface area contributed by atoms with Crippen molar-refractivity contribution in [3.63, 3.8) is 0 Å². The topological polar surface area (TPSA) is 56.8 Å². The van der Waals surface area contributed by atoms with Gasteiger partial charge in [-0.05, 0) is 30.7 Å². The quantitative estimate of drug-likeness (QED) is 0.888. The standard InChI is InChI=1S/C17H18FNO4/c1-11-8-15(21-2)16(22-3)9-13(11)19-17(20)10-23-14-7-5-4-6-12(14)18/h4-9H,10H2,1-3H3,(H,19,20). The highest BCUT2D eigenvalue weighted by atomic mass is 19.1. The molecule has 0 spiro atoms. The summed E-state index contributed by atoms with van der Waals surface area (Å²) in [5.41, 5.74) is 1.38. The molecule has 2 rings (SSSR count). The van der Waals surface area contributed by atoms with Crippen LogP contribution in [0.5, 0.6) is 17.2 Å². The summed E-state index contributed by atoms with van der Waals surface area (Å²) in [6.45, 7) is 1.53. The fourth-order valence-electron chi connectivity index (χ4n) is 2.01. The molecule has 0 radical (unpaired) electrons. The predicted octanol–water partition coefficient (Wildman–Crippen LogP) is 3.17. The summed E-state index contributed by atoms with van der Waals surface area (Å²) < 4.78 is 29.0. The zero-order chi connectivity index (χ0) is 16.8. The third-order valence-corrected chi connectivity index (χ3v) is 3.20. The van der Waals surface area contributed by atoms with Gasteiger partial charge in [0, 0.05) is 11.8 Å². The molecule has 0 bridgehead atoms. The van der Waals surface area contributed by atoms with Crippen LogP contribution in [0.25, 0.3) is 0 Å². The van der Waals surface area contributed by atoms with Crippen molar-refractivity contribution >= 4 is 11.6 Å². The SMILES string of the molecule is COc1cc(C)c(NC(=O)COc2ccccc2F)cc1OC. The van der Waals surface area contributed by atoms with Crippen molar-refractivity contribution in [2.45, 2.75) is 6.92 Å². The number of anilines is 1. The molecule has 6 heteroatoms. The second-order valence-electron chi connectivity index (χ2n) is 4.79. The lowest BCUT2D eigenvalue weighted by Gasteiger charge is -2.14. The molecule has 0 aliphatic heterocycles. The molecular formula is C17H18FNO4. The normalized spacial score (nSPS) is 10.1. The molecule has 0 fully saturated rings. The summed E-state index contributed by atoms with van der Waals surface area (Å²) in [5.74, 6) is 0.201. The van der Waals surface area contributed by atoms with E-state index in [2.05, 4.69) is 5.32 Å². The molecule has 0 aromatic heterocycles. The van der Waals surface area contributed by atoms with E-state index in [-0.39, 0.29) is 12.4 Å². The average molecular weight is 319 g/mol. The monoisotopic (exact) mass is 319 g/mol. The van der Waals surface area contributed by atoms with Crippen molar-refractivity contribution in [3.05, 3.63) is 47.8 Å². The molecule has 0 saturated heterocycles. The van der Waals surface area contributed by atoms with E-state index in [9.17, 15) is 9.18 Å². The van der Waals surface area contributed by atoms with Gasteiger partial charge in [-0.3, -0.25) is 4.79 Å². The lowest BCUT2D eigenvalue weighted by Crippen LogP contribution is -2.21. The highest BCUT2D eigenvalue weighted by Crippen LogP contribution is 2.32. The van der Waals surface area contributed by atoms with Crippen molar-refractivity contribution < 1.29 is 23.4 Å². The minimum absolute atomic E-state index is 0.0340. The summed E-state index contributed by atoms with van der Waals surface area (Å²) in [7, 11) is 3.05. The molecule has 0 heterocycles. The highest BCUT2D eigenvalue weighted by Gasteiger charge is 2.12. The largest absolute Gasteiger partial charge is 0.493 e. The zero-order valence-corrected chi connectivity index (χ0v) is 13.2. The van der Waals surface area contributed by atoms with E-state index in [4.69, 9.17) is 14.2 Å². The fourth-order valence-corrected chi connectivity index (χ4v) is 2.01. The number of amides is 1. The summed E-state index contributed by atoms with van der Waals surface area (Å²) in [4.78, 5) is 12.0. The Morgan fingerprint density at radius 3 is 2.39 bits per heavy atom. The zero-order valence-electron chi connectivity index (χ0n) is 13.2. The molecule has 1 N–H and O–H groups in total. The van der Waals surface area contributed by atoms with Crippen LogP contribution in [0.15, 0.2) is 36.4 Å². The summed E-state index contributed by atoms with van der Waals surface area (Å²) in [5, 5.41) is 2.70. The number of carbonyl (C=O) groups excluding carboxylic acids is 1. The number of halogens is 1. The number of ether oxygens (including phenoxy) is 3. The Morgan fingerprint density at radius 1 is 1.09 bits per heavy atom. The van der Waals surface area contributed by atoms with Crippen molar-refractivity contribution in [1.29, 1.82) is 0 Å². The molecule has 2 aromatic carbocycles. The summed E-state index contributed by atoms with van der Waals surface area (Å²) in [6.07, 6.45) is 0. The number of hydrogen-bond donors (Lipinski definition) is 1. The third-order valence-electron chi connectivity index (χ3n) is 3.20. The minimum atomic E-state index is -0.511. The van der Waals surface area contributed by atoms with Gasteiger partial charge in [0.15, 0.2) is 29.7 Å². The van der Waals surface area contributed by atoms with E-state index in [1.807, 2.05) is 6.92 Å². The van der Waals surface area contributed by atoms with Gasteiger partial charge in [0.1, 0.15) is 0 Å². The number of benzene rings is 2. The Morgan fingerprint density at radius 2 is 1.74 bits per heavy atom. The molecule has 0 aliphatic rings. The van der Waals surface area contributed by atoms with Crippen LogP contribution in [-0.2, 0) is 4.79 Å². The summed E-state index contributed by atoms with van der Waals surface area (Å²) in [6, 6.07) is 9.33. The van der Waals surface area contributed by atoms with Crippen LogP contribution >= 0.6 is 0 Å². The smallest absolute Gasteiger partial charge is 0.262 e. The van der Waals surface area contributed by atoms with Gasteiger partial charge in [0.05, 0.1) is 14.2 Å². The van der Waals surface area contributed by atoms with Crippen LogP contribution in [0.1, 0.15) is 5.56 Å². The maximum Gasteiger partial charge on any atom is 0.262 e. The van der Waals surface area contributed by atoms with E-state index in [0.29, 0.717) is 17.2 Å². The van der Waals surface area contributed by atoms with Gasteiger partial charge < -0.3 is 19.5 Å². The van der Waals surface area contributed by atoms with Crippen LogP contribution < -0.4 is 19.5 Å². The van der Waals surface area contributed by atoms with Crippen molar-refractivity contribution in [3.8, 4) is 17.2 Å². The number of carbonyl (C=O) groups is 1. The van der Waals surface area contributed by atoms with Crippen molar-refractivity contribution in [2.75, 3.05) is 26.1 Å². The first-order chi connectivity index (χ1) is 11.0. The first-order valence-corrected chi connectivity index (χ1v) is 6.95. The number of rotatable bonds is 6. The molecular weight excluding hydrogens is 301 g/mol. The molecule has 0 atom stereocenters. The second-order valence-corrected chi connectivity index (χ2v) is 4.79. The van der Waals surface area contributed by atoms with Crippen molar-refractivity contribution in [2.24, 2.45) is 0 Å². The highest BCUT2D eigenvalue weighted by molar-refractivity contribution is 5.93. The van der Waals surface area contributed by atoms with Crippen molar-refractivity contribution in [1.82, 2.24) is 0 Å². The molecule has 1 amide bonds. The van der Waals surface area contributed by atoms with Gasteiger partial charge in [-0.25, -0.2) is 4.39 Å². The van der Waals surface area contributed by atoms with E-state index in [1.54, 1.807) is 24.3 Å². The predicted molar refractivity (Wildman–Crippen MR) is 84.8 cm³/mol. The van der Waals surface area contributed by atoms with Crippen LogP contribution in [0.3, 0.4) is 0 Å². The van der Waals surface area contributed by atoms with Gasteiger partial charge in [0.25, 0.3) is 5.91 Å². The van der Waals surface area contributed by atoms with E-state index >= 15 is 0 Å². The van der Waals surface area contributed by atoms with Gasteiger partial charge in [-0.1, -0.05) is 12.1 Å². The molecule has 2 aromatic rings. The Hall–Kier alpha value is -2.76. The van der Waals surface area contributed by atoms with Crippen LogP contribution in [-0.4, -0.2) is 26.7 Å². The Bertz CT molecular complexity index is 703. The van der Waals surface area contributed by atoms with Crippen LogP contribution in [0.2, 0.25) is 0 Å². The lowest BCUT2D eigenvalue weighted by molar-refractivity contribution is -0.118. The first kappa shape index (κ1) is 16.6. The number of methoxy groups -OCH3 is 2. The lowest BCUT2D eigenvalue weighted by atomic mass is 10.1. The molecule has 23 heavy (non-hydrogen) atoms. The van der Waals surface area contributed by atoms with Crippen LogP contribution in [0.4, 0.5) is 10.1 Å². The fraction of sp³-hybridized carbons (Fsp3) is 0.235. The Kier molecular flexibility index (Phi) is 5.41. The van der Waals surface area contributed by atoms with Gasteiger partial charge >= 0.3 is 0 Å². The van der Waals surface area contributed by atoms with E-state index < -0.39 is 11.7 Å². The van der Waals surface area contributed by atoms with Crippen LogP contribution in [0, 0.1) is 12.7 Å². The van der Waals surface area contributed by atoms with Gasteiger partial charge in [-0.15, -0.1) is 0 Å². The van der Waals surface area contributed by atoms with Gasteiger partial charge in [-0.2, -0.15) is 0 Å². The molecule has 5 nitrogen and oxygen atoms in total. The van der Waals surface area contributed by atoms with E-state index in [0.717, 1.165) is 5.56 Å². The number of nitrogens with one attached hydrogen (secondary N) is 1. The van der Waals surface area contributed by atoms with Gasteiger partial charge in [0.2, 0.25) is 0 Å². The number of hydrogen-bond acceptors (Lipinski definition) is 4.